The summed E-state index contributed by atoms with van der Waals surface area (Å²) in [7, 11) is 1.67. The smallest absolute Gasteiger partial charge is 0.106 e. The molecule has 2 heterocycles. The fraction of sp³-hybridized carbons (Fsp3) is 0.385. The van der Waals surface area contributed by atoms with E-state index in [1.54, 1.807) is 19.5 Å². The van der Waals surface area contributed by atoms with Gasteiger partial charge in [0.15, 0.2) is 0 Å². The minimum Gasteiger partial charge on any atom is -0.383 e. The Labute approximate surface area is 126 Å². The summed E-state index contributed by atoms with van der Waals surface area (Å²) in [5.41, 5.74) is 5.72. The molecule has 0 aliphatic carbocycles. The van der Waals surface area contributed by atoms with E-state index < -0.39 is 0 Å². The Balaban J connectivity index is 2.42. The Morgan fingerprint density at radius 1 is 1.55 bits per heavy atom. The first-order valence-corrected chi connectivity index (χ1v) is 7.06. The van der Waals surface area contributed by atoms with Crippen molar-refractivity contribution in [2.24, 2.45) is 5.84 Å². The van der Waals surface area contributed by atoms with Crippen LogP contribution in [0.5, 0.6) is 0 Å². The largest absolute Gasteiger partial charge is 0.383 e. The second-order valence-electron chi connectivity index (χ2n) is 4.40. The van der Waals surface area contributed by atoms with Gasteiger partial charge in [-0.3, -0.25) is 15.5 Å². The average Bonchev–Trinajstić information content (AvgIpc) is 2.81. The predicted octanol–water partition coefficient (Wildman–Crippen LogP) is 1.55. The van der Waals surface area contributed by atoms with Gasteiger partial charge in [-0.2, -0.15) is 5.10 Å². The van der Waals surface area contributed by atoms with Crippen molar-refractivity contribution in [2.75, 3.05) is 13.7 Å². The van der Waals surface area contributed by atoms with E-state index >= 15 is 0 Å². The normalized spacial score (nSPS) is 12.6. The Morgan fingerprint density at radius 3 is 3.00 bits per heavy atom. The number of rotatable bonds is 6. The second kappa shape index (κ2) is 6.94. The minimum absolute atomic E-state index is 0.232. The predicted molar refractivity (Wildman–Crippen MR) is 79.9 cm³/mol. The maximum atomic E-state index is 5.75. The van der Waals surface area contributed by atoms with E-state index in [9.17, 15) is 0 Å². The number of nitrogens with zero attached hydrogens (tertiary/aromatic N) is 3. The molecule has 3 N–H and O–H groups in total. The zero-order valence-corrected chi connectivity index (χ0v) is 13.1. The zero-order valence-electron chi connectivity index (χ0n) is 11.5. The summed E-state index contributed by atoms with van der Waals surface area (Å²) in [6.45, 7) is 3.25. The molecule has 1 unspecified atom stereocenters. The molecule has 0 bridgehead atoms. The average molecular weight is 340 g/mol. The molecule has 0 aliphatic heterocycles. The quantitative estimate of drug-likeness (QED) is 0.616. The van der Waals surface area contributed by atoms with Crippen molar-refractivity contribution in [3.63, 3.8) is 0 Å². The van der Waals surface area contributed by atoms with Gasteiger partial charge in [0, 0.05) is 13.3 Å². The third-order valence-corrected chi connectivity index (χ3v) is 3.71. The van der Waals surface area contributed by atoms with Crippen molar-refractivity contribution in [3.8, 4) is 0 Å². The molecule has 7 heteroatoms. The molecule has 0 saturated heterocycles. The molecule has 0 fully saturated rings. The molecule has 1 atom stereocenters. The van der Waals surface area contributed by atoms with Crippen LogP contribution in [0.15, 0.2) is 29.0 Å². The summed E-state index contributed by atoms with van der Waals surface area (Å²) < 4.78 is 7.87. The molecular weight excluding hydrogens is 322 g/mol. The second-order valence-corrected chi connectivity index (χ2v) is 5.25. The van der Waals surface area contributed by atoms with E-state index in [4.69, 9.17) is 10.6 Å². The first-order chi connectivity index (χ1) is 9.69. The summed E-state index contributed by atoms with van der Waals surface area (Å²) in [4.78, 5) is 4.43. The van der Waals surface area contributed by atoms with Crippen LogP contribution >= 0.6 is 15.9 Å². The van der Waals surface area contributed by atoms with E-state index in [0.717, 1.165) is 21.4 Å². The van der Waals surface area contributed by atoms with E-state index in [-0.39, 0.29) is 6.04 Å². The number of aryl methyl sites for hydroxylation is 1. The van der Waals surface area contributed by atoms with Crippen molar-refractivity contribution in [2.45, 2.75) is 19.5 Å². The van der Waals surface area contributed by atoms with Crippen LogP contribution in [-0.2, 0) is 11.3 Å². The van der Waals surface area contributed by atoms with Gasteiger partial charge in [0.2, 0.25) is 0 Å². The minimum atomic E-state index is -0.232. The topological polar surface area (TPSA) is 78.0 Å². The first kappa shape index (κ1) is 15.1. The van der Waals surface area contributed by atoms with Gasteiger partial charge in [-0.15, -0.1) is 0 Å². The number of hydrazine groups is 1. The highest BCUT2D eigenvalue weighted by molar-refractivity contribution is 9.10. The number of halogens is 1. The summed E-state index contributed by atoms with van der Waals surface area (Å²) in [5.74, 6) is 5.75. The number of pyridine rings is 1. The van der Waals surface area contributed by atoms with Crippen LogP contribution in [0.1, 0.15) is 23.0 Å². The first-order valence-electron chi connectivity index (χ1n) is 6.26. The molecule has 0 spiro atoms. The Kier molecular flexibility index (Phi) is 5.24. The highest BCUT2D eigenvalue weighted by atomic mass is 79.9. The molecule has 0 aliphatic rings. The number of ether oxygens (including phenoxy) is 1. The van der Waals surface area contributed by atoms with Gasteiger partial charge in [-0.1, -0.05) is 6.07 Å². The maximum absolute atomic E-state index is 5.75. The molecule has 2 aromatic heterocycles. The number of nitrogens with two attached hydrogens (primary N) is 1. The summed E-state index contributed by atoms with van der Waals surface area (Å²) in [5, 5.41) is 4.34. The molecule has 2 rings (SSSR count). The van der Waals surface area contributed by atoms with Gasteiger partial charge in [-0.25, -0.2) is 5.43 Å². The molecule has 0 aromatic carbocycles. The van der Waals surface area contributed by atoms with Gasteiger partial charge in [0.1, 0.15) is 6.04 Å². The van der Waals surface area contributed by atoms with Crippen LogP contribution in [0, 0.1) is 6.92 Å². The van der Waals surface area contributed by atoms with Crippen LogP contribution in [0.2, 0.25) is 0 Å². The highest BCUT2D eigenvalue weighted by Crippen LogP contribution is 2.28. The van der Waals surface area contributed by atoms with Gasteiger partial charge < -0.3 is 4.74 Å². The molecule has 0 radical (unpaired) electrons. The van der Waals surface area contributed by atoms with Crippen LogP contribution in [0.25, 0.3) is 0 Å². The molecule has 0 amide bonds. The lowest BCUT2D eigenvalue weighted by molar-refractivity contribution is 0.182. The standard InChI is InChI=1S/C13H18BrN5O/c1-9-4-3-5-16-11(9)12(18-15)13-10(14)8-17-19(13)6-7-20-2/h3-5,8,12,18H,6-7,15H2,1-2H3. The van der Waals surface area contributed by atoms with Crippen molar-refractivity contribution >= 4 is 15.9 Å². The van der Waals surface area contributed by atoms with Gasteiger partial charge in [0.05, 0.1) is 35.2 Å². The number of aromatic nitrogens is 3. The lowest BCUT2D eigenvalue weighted by Crippen LogP contribution is -2.32. The Morgan fingerprint density at radius 2 is 2.35 bits per heavy atom. The molecular formula is C13H18BrN5O. The van der Waals surface area contributed by atoms with Gasteiger partial charge in [-0.05, 0) is 34.5 Å². The molecule has 6 nitrogen and oxygen atoms in total. The fourth-order valence-corrected chi connectivity index (χ4v) is 2.63. The van der Waals surface area contributed by atoms with Crippen molar-refractivity contribution in [1.82, 2.24) is 20.2 Å². The third kappa shape index (κ3) is 3.06. The molecule has 20 heavy (non-hydrogen) atoms. The summed E-state index contributed by atoms with van der Waals surface area (Å²) in [6, 6.07) is 3.69. The van der Waals surface area contributed by atoms with Gasteiger partial charge in [0.25, 0.3) is 0 Å². The van der Waals surface area contributed by atoms with Crippen LogP contribution < -0.4 is 11.3 Å². The van der Waals surface area contributed by atoms with Crippen molar-refractivity contribution in [3.05, 3.63) is 46.0 Å². The number of nitrogens with one attached hydrogen (secondary N) is 1. The Hall–Kier alpha value is -1.28. The highest BCUT2D eigenvalue weighted by Gasteiger charge is 2.23. The zero-order chi connectivity index (χ0) is 14.5. The molecule has 0 saturated carbocycles. The number of hydrogen-bond acceptors (Lipinski definition) is 5. The van der Waals surface area contributed by atoms with E-state index in [1.807, 2.05) is 23.7 Å². The summed E-state index contributed by atoms with van der Waals surface area (Å²) >= 11 is 3.52. The number of methoxy groups -OCH3 is 1. The SMILES string of the molecule is COCCn1ncc(Br)c1C(NN)c1ncccc1C. The van der Waals surface area contributed by atoms with E-state index in [1.165, 1.54) is 0 Å². The maximum Gasteiger partial charge on any atom is 0.106 e. The van der Waals surface area contributed by atoms with Crippen LogP contribution in [-0.4, -0.2) is 28.5 Å². The van der Waals surface area contributed by atoms with E-state index in [0.29, 0.717) is 13.2 Å². The molecule has 108 valence electrons. The van der Waals surface area contributed by atoms with Crippen molar-refractivity contribution in [1.29, 1.82) is 0 Å². The third-order valence-electron chi connectivity index (χ3n) is 3.10. The lowest BCUT2D eigenvalue weighted by atomic mass is 10.1. The lowest BCUT2D eigenvalue weighted by Gasteiger charge is -2.19. The molecule has 2 aromatic rings. The van der Waals surface area contributed by atoms with Crippen LogP contribution in [0.4, 0.5) is 0 Å². The monoisotopic (exact) mass is 339 g/mol. The van der Waals surface area contributed by atoms with E-state index in [2.05, 4.69) is 31.4 Å². The van der Waals surface area contributed by atoms with Crippen molar-refractivity contribution < 1.29 is 4.74 Å². The van der Waals surface area contributed by atoms with Gasteiger partial charge >= 0.3 is 0 Å². The Bertz CT molecular complexity index is 572. The fourth-order valence-electron chi connectivity index (χ4n) is 2.10. The van der Waals surface area contributed by atoms with Crippen LogP contribution in [0.3, 0.4) is 0 Å². The summed E-state index contributed by atoms with van der Waals surface area (Å²) in [6.07, 6.45) is 3.52. The number of hydrogen-bond donors (Lipinski definition) is 2.